The molecule has 1 rings (SSSR count). The van der Waals surface area contributed by atoms with Crippen molar-refractivity contribution in [1.29, 1.82) is 0 Å². The Morgan fingerprint density at radius 3 is 2.70 bits per heavy atom. The van der Waals surface area contributed by atoms with E-state index in [2.05, 4.69) is 0 Å². The van der Waals surface area contributed by atoms with E-state index in [1.165, 1.54) is 0 Å². The molecule has 3 heteroatoms. The minimum Gasteiger partial charge on any atom is -0.391 e. The molecule has 0 aromatic carbocycles. The van der Waals surface area contributed by atoms with Crippen molar-refractivity contribution in [3.8, 4) is 0 Å². The fraction of sp³-hybridized carbons (Fsp3) is 1.00. The smallest absolute Gasteiger partial charge is 0.0791 e. The molecule has 3 N–H and O–H groups in total. The largest absolute Gasteiger partial charge is 0.391 e. The molecule has 0 spiro atoms. The molecule has 0 amide bonds. The molecular weight excluding hydrogens is 130 g/mol. The minimum absolute atomic E-state index is 0.0576. The lowest BCUT2D eigenvalue weighted by Crippen LogP contribution is -2.30. The van der Waals surface area contributed by atoms with Gasteiger partial charge in [0.05, 0.1) is 12.7 Å². The normalized spacial score (nSPS) is 24.3. The monoisotopic (exact) mass is 145 g/mol. The molecule has 1 unspecified atom stereocenters. The van der Waals surface area contributed by atoms with E-state index in [4.69, 9.17) is 10.5 Å². The summed E-state index contributed by atoms with van der Waals surface area (Å²) in [6, 6.07) is 0. The van der Waals surface area contributed by atoms with Crippen molar-refractivity contribution < 1.29 is 9.84 Å². The van der Waals surface area contributed by atoms with Crippen molar-refractivity contribution in [2.75, 3.05) is 13.7 Å². The number of aliphatic hydroxyl groups excluding tert-OH is 1. The molecule has 0 radical (unpaired) electrons. The van der Waals surface area contributed by atoms with Crippen LogP contribution in [0.15, 0.2) is 0 Å². The van der Waals surface area contributed by atoms with Crippen LogP contribution in [0.2, 0.25) is 0 Å². The van der Waals surface area contributed by atoms with Crippen LogP contribution < -0.4 is 5.73 Å². The highest BCUT2D eigenvalue weighted by Crippen LogP contribution is 2.36. The summed E-state index contributed by atoms with van der Waals surface area (Å²) in [5.41, 5.74) is 5.70. The van der Waals surface area contributed by atoms with Crippen LogP contribution in [0, 0.1) is 0 Å². The van der Waals surface area contributed by atoms with Gasteiger partial charge in [-0.05, 0) is 19.3 Å². The van der Waals surface area contributed by atoms with Crippen LogP contribution >= 0.6 is 0 Å². The highest BCUT2D eigenvalue weighted by atomic mass is 16.5. The first kappa shape index (κ1) is 7.98. The Morgan fingerprint density at radius 1 is 1.70 bits per heavy atom. The van der Waals surface area contributed by atoms with Crippen LogP contribution in [0.25, 0.3) is 0 Å². The standard InChI is InChI=1S/C7H15NO2/c1-10-5-6(9)4-7(8)2-3-7/h6,9H,2-5,8H2,1H3. The third-order valence-corrected chi connectivity index (χ3v) is 1.89. The molecule has 1 saturated carbocycles. The summed E-state index contributed by atoms with van der Waals surface area (Å²) in [4.78, 5) is 0. The van der Waals surface area contributed by atoms with Gasteiger partial charge in [-0.1, -0.05) is 0 Å². The van der Waals surface area contributed by atoms with E-state index in [9.17, 15) is 5.11 Å². The Hall–Kier alpha value is -0.120. The van der Waals surface area contributed by atoms with Crippen LogP contribution in [0.5, 0.6) is 0 Å². The zero-order valence-corrected chi connectivity index (χ0v) is 6.34. The number of nitrogens with two attached hydrogens (primary N) is 1. The van der Waals surface area contributed by atoms with Crippen LogP contribution in [-0.4, -0.2) is 30.5 Å². The molecule has 1 atom stereocenters. The molecule has 0 saturated heterocycles. The molecule has 0 aliphatic heterocycles. The average molecular weight is 145 g/mol. The maximum atomic E-state index is 9.22. The van der Waals surface area contributed by atoms with E-state index in [1.807, 2.05) is 0 Å². The number of methoxy groups -OCH3 is 1. The van der Waals surface area contributed by atoms with E-state index in [-0.39, 0.29) is 11.6 Å². The fourth-order valence-electron chi connectivity index (χ4n) is 1.09. The second-order valence-corrected chi connectivity index (χ2v) is 3.18. The summed E-state index contributed by atoms with van der Waals surface area (Å²) in [6.45, 7) is 0.402. The lowest BCUT2D eigenvalue weighted by atomic mass is 10.1. The van der Waals surface area contributed by atoms with E-state index in [1.54, 1.807) is 7.11 Å². The number of hydrogen-bond acceptors (Lipinski definition) is 3. The Bertz CT molecular complexity index is 112. The molecule has 0 bridgehead atoms. The van der Waals surface area contributed by atoms with Gasteiger partial charge in [0.25, 0.3) is 0 Å². The summed E-state index contributed by atoms with van der Waals surface area (Å²) >= 11 is 0. The second kappa shape index (κ2) is 2.86. The molecule has 0 heterocycles. The SMILES string of the molecule is COCC(O)CC1(N)CC1. The van der Waals surface area contributed by atoms with E-state index >= 15 is 0 Å². The number of rotatable bonds is 4. The van der Waals surface area contributed by atoms with Gasteiger partial charge in [-0.3, -0.25) is 0 Å². The number of hydrogen-bond donors (Lipinski definition) is 2. The summed E-state index contributed by atoms with van der Waals surface area (Å²) in [7, 11) is 1.58. The molecule has 1 aliphatic rings. The van der Waals surface area contributed by atoms with Crippen molar-refractivity contribution in [2.24, 2.45) is 5.73 Å². The zero-order valence-electron chi connectivity index (χ0n) is 6.34. The van der Waals surface area contributed by atoms with Gasteiger partial charge in [0, 0.05) is 12.6 Å². The maximum Gasteiger partial charge on any atom is 0.0791 e. The third-order valence-electron chi connectivity index (χ3n) is 1.89. The number of aliphatic hydroxyl groups is 1. The first-order valence-electron chi connectivity index (χ1n) is 3.62. The molecule has 0 aromatic heterocycles. The predicted molar refractivity (Wildman–Crippen MR) is 38.7 cm³/mol. The molecular formula is C7H15NO2. The summed E-state index contributed by atoms with van der Waals surface area (Å²) in [5.74, 6) is 0. The lowest BCUT2D eigenvalue weighted by molar-refractivity contribution is 0.0532. The third kappa shape index (κ3) is 2.25. The van der Waals surface area contributed by atoms with Gasteiger partial charge in [0.2, 0.25) is 0 Å². The molecule has 1 fully saturated rings. The summed E-state index contributed by atoms with van der Waals surface area (Å²) < 4.78 is 4.77. The summed E-state index contributed by atoms with van der Waals surface area (Å²) in [5, 5.41) is 9.22. The van der Waals surface area contributed by atoms with Gasteiger partial charge in [-0.2, -0.15) is 0 Å². The number of ether oxygens (including phenoxy) is 1. The van der Waals surface area contributed by atoms with Crippen molar-refractivity contribution in [3.63, 3.8) is 0 Å². The van der Waals surface area contributed by atoms with Gasteiger partial charge < -0.3 is 15.6 Å². The Morgan fingerprint density at radius 2 is 2.30 bits per heavy atom. The molecule has 1 aliphatic carbocycles. The topological polar surface area (TPSA) is 55.5 Å². The lowest BCUT2D eigenvalue weighted by Gasteiger charge is -2.13. The highest BCUT2D eigenvalue weighted by molar-refractivity contribution is 4.99. The Kier molecular flexibility index (Phi) is 2.28. The second-order valence-electron chi connectivity index (χ2n) is 3.18. The summed E-state index contributed by atoms with van der Waals surface area (Å²) in [6.07, 6.45) is 2.40. The van der Waals surface area contributed by atoms with Crippen LogP contribution in [0.4, 0.5) is 0 Å². The molecule has 0 aromatic rings. The Balaban J connectivity index is 2.11. The minimum atomic E-state index is -0.377. The van der Waals surface area contributed by atoms with Crippen molar-refractivity contribution in [2.45, 2.75) is 30.9 Å². The molecule has 60 valence electrons. The van der Waals surface area contributed by atoms with E-state index in [0.29, 0.717) is 13.0 Å². The van der Waals surface area contributed by atoms with Gasteiger partial charge in [-0.15, -0.1) is 0 Å². The van der Waals surface area contributed by atoms with E-state index in [0.717, 1.165) is 12.8 Å². The maximum absolute atomic E-state index is 9.22. The van der Waals surface area contributed by atoms with Gasteiger partial charge >= 0.3 is 0 Å². The van der Waals surface area contributed by atoms with Crippen molar-refractivity contribution >= 4 is 0 Å². The zero-order chi connectivity index (χ0) is 7.61. The average Bonchev–Trinajstić information content (AvgIpc) is 2.48. The van der Waals surface area contributed by atoms with Crippen LogP contribution in [-0.2, 0) is 4.74 Å². The van der Waals surface area contributed by atoms with E-state index < -0.39 is 0 Å². The quantitative estimate of drug-likeness (QED) is 0.579. The predicted octanol–water partition coefficient (Wildman–Crippen LogP) is -0.125. The van der Waals surface area contributed by atoms with Gasteiger partial charge in [-0.25, -0.2) is 0 Å². The van der Waals surface area contributed by atoms with Crippen molar-refractivity contribution in [3.05, 3.63) is 0 Å². The molecule has 3 nitrogen and oxygen atoms in total. The molecule has 10 heavy (non-hydrogen) atoms. The fourth-order valence-corrected chi connectivity index (χ4v) is 1.09. The van der Waals surface area contributed by atoms with Gasteiger partial charge in [0.15, 0.2) is 0 Å². The van der Waals surface area contributed by atoms with Crippen LogP contribution in [0.1, 0.15) is 19.3 Å². The Labute approximate surface area is 61.2 Å². The van der Waals surface area contributed by atoms with Crippen molar-refractivity contribution in [1.82, 2.24) is 0 Å². The van der Waals surface area contributed by atoms with Crippen LogP contribution in [0.3, 0.4) is 0 Å². The first-order valence-corrected chi connectivity index (χ1v) is 3.62. The first-order chi connectivity index (χ1) is 4.66. The van der Waals surface area contributed by atoms with Gasteiger partial charge in [0.1, 0.15) is 0 Å². The highest BCUT2D eigenvalue weighted by Gasteiger charge is 2.39.